The van der Waals surface area contributed by atoms with Crippen LogP contribution in [0.5, 0.6) is 0 Å². The zero-order chi connectivity index (χ0) is 17.1. The Labute approximate surface area is 137 Å². The SMILES string of the molecule is C=C1CS[C@H]2[C@H](NC(=O)C(N)CCCC=O)C(=O)N2C1C(=O)O. The number of aliphatic carboxylic acids is 1. The molecule has 2 saturated heterocycles. The van der Waals surface area contributed by atoms with Crippen LogP contribution >= 0.6 is 11.8 Å². The Hall–Kier alpha value is -1.87. The van der Waals surface area contributed by atoms with Crippen molar-refractivity contribution in [3.8, 4) is 0 Å². The minimum atomic E-state index is -1.12. The molecular weight excluding hydrogens is 322 g/mol. The molecule has 9 heteroatoms. The number of carbonyl (C=O) groups is 4. The average Bonchev–Trinajstić information content (AvgIpc) is 2.51. The Morgan fingerprint density at radius 1 is 1.57 bits per heavy atom. The first kappa shape index (κ1) is 17.5. The maximum absolute atomic E-state index is 12.2. The zero-order valence-corrected chi connectivity index (χ0v) is 13.3. The monoisotopic (exact) mass is 341 g/mol. The van der Waals surface area contributed by atoms with Crippen molar-refractivity contribution in [3.63, 3.8) is 0 Å². The second kappa shape index (κ2) is 7.14. The highest BCUT2D eigenvalue weighted by molar-refractivity contribution is 8.00. The minimum Gasteiger partial charge on any atom is -0.479 e. The van der Waals surface area contributed by atoms with Crippen LogP contribution in [0.3, 0.4) is 0 Å². The van der Waals surface area contributed by atoms with Gasteiger partial charge in [0.1, 0.15) is 17.7 Å². The molecule has 2 aliphatic heterocycles. The minimum absolute atomic E-state index is 0.331. The summed E-state index contributed by atoms with van der Waals surface area (Å²) in [5.74, 6) is -1.61. The maximum atomic E-state index is 12.2. The van der Waals surface area contributed by atoms with Crippen molar-refractivity contribution in [2.45, 2.75) is 42.8 Å². The number of nitrogens with zero attached hydrogens (tertiary/aromatic N) is 1. The van der Waals surface area contributed by atoms with Crippen molar-refractivity contribution < 1.29 is 24.3 Å². The molecule has 0 aromatic carbocycles. The molecule has 4 N–H and O–H groups in total. The van der Waals surface area contributed by atoms with Crippen molar-refractivity contribution in [1.82, 2.24) is 10.2 Å². The summed E-state index contributed by atoms with van der Waals surface area (Å²) in [6.45, 7) is 3.69. The van der Waals surface area contributed by atoms with Gasteiger partial charge in [-0.25, -0.2) is 4.79 Å². The summed E-state index contributed by atoms with van der Waals surface area (Å²) >= 11 is 1.37. The highest BCUT2D eigenvalue weighted by Gasteiger charge is 2.56. The van der Waals surface area contributed by atoms with Gasteiger partial charge in [-0.1, -0.05) is 6.58 Å². The molecule has 0 aromatic rings. The summed E-state index contributed by atoms with van der Waals surface area (Å²) in [4.78, 5) is 47.0. The van der Waals surface area contributed by atoms with Crippen LogP contribution in [0.25, 0.3) is 0 Å². The first-order valence-electron chi connectivity index (χ1n) is 7.22. The Morgan fingerprint density at radius 2 is 2.26 bits per heavy atom. The number of aldehydes is 1. The highest BCUT2D eigenvalue weighted by atomic mass is 32.2. The van der Waals surface area contributed by atoms with Gasteiger partial charge in [-0.15, -0.1) is 11.8 Å². The van der Waals surface area contributed by atoms with E-state index in [1.165, 1.54) is 16.7 Å². The fourth-order valence-corrected chi connectivity index (χ4v) is 3.95. The van der Waals surface area contributed by atoms with Gasteiger partial charge >= 0.3 is 5.97 Å². The number of carboxylic acids is 1. The molecule has 0 saturated carbocycles. The lowest BCUT2D eigenvalue weighted by Crippen LogP contribution is -2.75. The number of carbonyl (C=O) groups excluding carboxylic acids is 3. The van der Waals surface area contributed by atoms with Crippen LogP contribution in [0.1, 0.15) is 19.3 Å². The second-order valence-electron chi connectivity index (χ2n) is 5.54. The second-order valence-corrected chi connectivity index (χ2v) is 6.64. The number of hydrogen-bond acceptors (Lipinski definition) is 6. The molecule has 0 bridgehead atoms. The first-order chi connectivity index (χ1) is 10.9. The van der Waals surface area contributed by atoms with E-state index in [0.717, 1.165) is 6.29 Å². The number of β-lactam (4-membered cyclic amide) rings is 1. The lowest BCUT2D eigenvalue weighted by atomic mass is 9.98. The number of fused-ring (bicyclic) bond motifs is 1. The summed E-state index contributed by atoms with van der Waals surface area (Å²) in [6.07, 6.45) is 1.94. The molecule has 2 heterocycles. The number of carboxylic acid groups (broad SMARTS) is 1. The van der Waals surface area contributed by atoms with Crippen molar-refractivity contribution >= 4 is 35.8 Å². The molecule has 4 atom stereocenters. The fraction of sp³-hybridized carbons (Fsp3) is 0.571. The smallest absolute Gasteiger partial charge is 0.330 e. The third kappa shape index (κ3) is 3.40. The number of nitrogens with two attached hydrogens (primary N) is 1. The van der Waals surface area contributed by atoms with Gasteiger partial charge in [0.2, 0.25) is 11.8 Å². The highest BCUT2D eigenvalue weighted by Crippen LogP contribution is 2.39. The predicted molar refractivity (Wildman–Crippen MR) is 83.5 cm³/mol. The van der Waals surface area contributed by atoms with E-state index in [9.17, 15) is 24.3 Å². The van der Waals surface area contributed by atoms with Gasteiger partial charge in [-0.3, -0.25) is 9.59 Å². The zero-order valence-electron chi connectivity index (χ0n) is 12.4. The largest absolute Gasteiger partial charge is 0.479 e. The number of unbranched alkanes of at least 4 members (excludes halogenated alkanes) is 1. The summed E-state index contributed by atoms with van der Waals surface area (Å²) in [5, 5.41) is 11.4. The van der Waals surface area contributed by atoms with Gasteiger partial charge in [0.15, 0.2) is 6.04 Å². The molecule has 2 fully saturated rings. The lowest BCUT2D eigenvalue weighted by Gasteiger charge is -2.52. The molecule has 2 amide bonds. The third-order valence-corrected chi connectivity index (χ3v) is 5.27. The van der Waals surface area contributed by atoms with E-state index in [1.54, 1.807) is 0 Å². The Balaban J connectivity index is 1.94. The van der Waals surface area contributed by atoms with Crippen molar-refractivity contribution in [3.05, 3.63) is 12.2 Å². The summed E-state index contributed by atoms with van der Waals surface area (Å²) in [7, 11) is 0. The molecular formula is C14H19N3O5S. The van der Waals surface area contributed by atoms with E-state index >= 15 is 0 Å². The van der Waals surface area contributed by atoms with E-state index in [0.29, 0.717) is 30.6 Å². The molecule has 23 heavy (non-hydrogen) atoms. The number of nitrogens with one attached hydrogen (secondary N) is 1. The summed E-state index contributed by atoms with van der Waals surface area (Å²) in [5.41, 5.74) is 6.19. The van der Waals surface area contributed by atoms with Gasteiger partial charge in [0.25, 0.3) is 0 Å². The molecule has 0 aliphatic carbocycles. The van der Waals surface area contributed by atoms with Crippen LogP contribution in [0, 0.1) is 0 Å². The lowest BCUT2D eigenvalue weighted by molar-refractivity contribution is -0.160. The van der Waals surface area contributed by atoms with E-state index in [-0.39, 0.29) is 0 Å². The Bertz CT molecular complexity index is 553. The van der Waals surface area contributed by atoms with Crippen LogP contribution in [0.2, 0.25) is 0 Å². The quantitative estimate of drug-likeness (QED) is 0.237. The van der Waals surface area contributed by atoms with E-state index in [4.69, 9.17) is 5.73 Å². The Kier molecular flexibility index (Phi) is 5.42. The van der Waals surface area contributed by atoms with Crippen LogP contribution < -0.4 is 11.1 Å². The van der Waals surface area contributed by atoms with Crippen LogP contribution in [-0.4, -0.2) is 63.3 Å². The molecule has 0 spiro atoms. The molecule has 0 radical (unpaired) electrons. The standard InChI is InChI=1S/C14H19N3O5S/c1-7-6-23-13-9(12(20)17(13)10(7)14(21)22)16-11(19)8(15)4-2-3-5-18/h5,8-10,13H,1-4,6,15H2,(H,16,19)(H,21,22)/t8?,9-,10?,13+/m1/s1. The number of rotatable bonds is 7. The van der Waals surface area contributed by atoms with Gasteiger partial charge < -0.3 is 25.9 Å². The van der Waals surface area contributed by atoms with Gasteiger partial charge in [0, 0.05) is 12.2 Å². The average molecular weight is 341 g/mol. The first-order valence-corrected chi connectivity index (χ1v) is 8.27. The van der Waals surface area contributed by atoms with Gasteiger partial charge in [0.05, 0.1) is 6.04 Å². The van der Waals surface area contributed by atoms with Crippen molar-refractivity contribution in [1.29, 1.82) is 0 Å². The predicted octanol–water partition coefficient (Wildman–Crippen LogP) is -0.908. The van der Waals surface area contributed by atoms with Crippen molar-refractivity contribution in [2.24, 2.45) is 5.73 Å². The van der Waals surface area contributed by atoms with Gasteiger partial charge in [-0.2, -0.15) is 0 Å². The summed E-state index contributed by atoms with van der Waals surface area (Å²) < 4.78 is 0. The number of thioether (sulfide) groups is 1. The van der Waals surface area contributed by atoms with E-state index < -0.39 is 41.3 Å². The topological polar surface area (TPSA) is 130 Å². The van der Waals surface area contributed by atoms with Crippen LogP contribution in [-0.2, 0) is 19.2 Å². The van der Waals surface area contributed by atoms with Crippen molar-refractivity contribution in [2.75, 3.05) is 5.75 Å². The maximum Gasteiger partial charge on any atom is 0.330 e. The normalized spacial score (nSPS) is 27.7. The number of hydrogen-bond donors (Lipinski definition) is 3. The van der Waals surface area contributed by atoms with E-state index in [2.05, 4.69) is 11.9 Å². The van der Waals surface area contributed by atoms with Gasteiger partial charge in [-0.05, 0) is 18.4 Å². The Morgan fingerprint density at radius 3 is 2.87 bits per heavy atom. The number of amides is 2. The molecule has 8 nitrogen and oxygen atoms in total. The molecule has 2 aliphatic rings. The fourth-order valence-electron chi connectivity index (χ4n) is 2.64. The van der Waals surface area contributed by atoms with Crippen LogP contribution in [0.4, 0.5) is 0 Å². The van der Waals surface area contributed by atoms with Crippen LogP contribution in [0.15, 0.2) is 12.2 Å². The summed E-state index contributed by atoms with van der Waals surface area (Å²) in [6, 6.07) is -2.60. The third-order valence-electron chi connectivity index (χ3n) is 3.89. The van der Waals surface area contributed by atoms with E-state index in [1.807, 2.05) is 0 Å². The molecule has 2 rings (SSSR count). The molecule has 126 valence electrons. The molecule has 0 aromatic heterocycles. The molecule has 2 unspecified atom stereocenters.